The molecule has 15 heavy (non-hydrogen) atoms. The molecule has 1 aromatic rings. The third kappa shape index (κ3) is 1.88. The van der Waals surface area contributed by atoms with Crippen LogP contribution in [-0.2, 0) is 5.60 Å². The first kappa shape index (κ1) is 10.2. The topological polar surface area (TPSA) is 57.5 Å². The lowest BCUT2D eigenvalue weighted by Crippen LogP contribution is -2.23. The van der Waals surface area contributed by atoms with Crippen LogP contribution >= 0.6 is 0 Å². The molecule has 3 heteroatoms. The van der Waals surface area contributed by atoms with E-state index in [-0.39, 0.29) is 5.56 Å². The minimum Gasteiger partial charge on any atom is -0.478 e. The monoisotopic (exact) mass is 206 g/mol. The van der Waals surface area contributed by atoms with Crippen LogP contribution in [0.4, 0.5) is 0 Å². The van der Waals surface area contributed by atoms with E-state index in [1.807, 2.05) is 0 Å². The van der Waals surface area contributed by atoms with Crippen molar-refractivity contribution >= 4 is 5.97 Å². The fourth-order valence-corrected chi connectivity index (χ4v) is 1.83. The van der Waals surface area contributed by atoms with Gasteiger partial charge in [-0.2, -0.15) is 0 Å². The van der Waals surface area contributed by atoms with Crippen molar-refractivity contribution in [3.05, 3.63) is 35.4 Å². The van der Waals surface area contributed by atoms with Gasteiger partial charge in [0.05, 0.1) is 11.2 Å². The first-order valence-corrected chi connectivity index (χ1v) is 5.08. The van der Waals surface area contributed by atoms with E-state index in [4.69, 9.17) is 5.11 Å². The third-order valence-electron chi connectivity index (χ3n) is 3.09. The normalized spacial score (nSPS) is 19.6. The zero-order valence-electron chi connectivity index (χ0n) is 8.60. The van der Waals surface area contributed by atoms with Gasteiger partial charge in [0, 0.05) is 0 Å². The number of rotatable bonds is 3. The van der Waals surface area contributed by atoms with Gasteiger partial charge in [-0.15, -0.1) is 0 Å². The van der Waals surface area contributed by atoms with Crippen molar-refractivity contribution in [3.8, 4) is 0 Å². The van der Waals surface area contributed by atoms with Crippen molar-refractivity contribution in [3.63, 3.8) is 0 Å². The molecule has 1 aliphatic carbocycles. The van der Waals surface area contributed by atoms with Crippen LogP contribution in [0, 0.1) is 5.92 Å². The van der Waals surface area contributed by atoms with Crippen molar-refractivity contribution in [2.75, 3.05) is 0 Å². The van der Waals surface area contributed by atoms with Crippen molar-refractivity contribution in [1.29, 1.82) is 0 Å². The highest BCUT2D eigenvalue weighted by molar-refractivity contribution is 5.87. The summed E-state index contributed by atoms with van der Waals surface area (Å²) in [5, 5.41) is 18.9. The number of carboxylic acids is 1. The molecule has 1 unspecified atom stereocenters. The summed E-state index contributed by atoms with van der Waals surface area (Å²) >= 11 is 0. The predicted octanol–water partition coefficient (Wildman–Crippen LogP) is 2.00. The second-order valence-electron chi connectivity index (χ2n) is 4.30. The van der Waals surface area contributed by atoms with E-state index in [9.17, 15) is 9.90 Å². The number of aliphatic hydroxyl groups is 1. The smallest absolute Gasteiger partial charge is 0.335 e. The zero-order chi connectivity index (χ0) is 11.1. The molecule has 0 amide bonds. The summed E-state index contributed by atoms with van der Waals surface area (Å²) in [6, 6.07) is 6.46. The predicted molar refractivity (Wildman–Crippen MR) is 55.7 cm³/mol. The number of hydrogen-bond acceptors (Lipinski definition) is 2. The second-order valence-corrected chi connectivity index (χ2v) is 4.30. The molecule has 0 aromatic heterocycles. The summed E-state index contributed by atoms with van der Waals surface area (Å²) in [5.41, 5.74) is 0.247. The molecule has 0 bridgehead atoms. The minimum atomic E-state index is -0.937. The lowest BCUT2D eigenvalue weighted by Gasteiger charge is -2.23. The zero-order valence-corrected chi connectivity index (χ0v) is 8.60. The van der Waals surface area contributed by atoms with Crippen molar-refractivity contribution < 1.29 is 15.0 Å². The van der Waals surface area contributed by atoms with Crippen LogP contribution in [0.25, 0.3) is 0 Å². The van der Waals surface area contributed by atoms with E-state index >= 15 is 0 Å². The van der Waals surface area contributed by atoms with E-state index in [1.165, 1.54) is 12.1 Å². The van der Waals surface area contributed by atoms with Gasteiger partial charge >= 0.3 is 5.97 Å². The van der Waals surface area contributed by atoms with Crippen molar-refractivity contribution in [2.24, 2.45) is 5.92 Å². The molecule has 0 radical (unpaired) electrons. The van der Waals surface area contributed by atoms with Crippen LogP contribution in [-0.4, -0.2) is 16.2 Å². The Morgan fingerprint density at radius 1 is 1.33 bits per heavy atom. The van der Waals surface area contributed by atoms with E-state index in [0.717, 1.165) is 18.4 Å². The van der Waals surface area contributed by atoms with Crippen LogP contribution in [0.3, 0.4) is 0 Å². The molecular weight excluding hydrogens is 192 g/mol. The number of carboxylic acid groups (broad SMARTS) is 1. The lowest BCUT2D eigenvalue weighted by molar-refractivity contribution is 0.0330. The van der Waals surface area contributed by atoms with E-state index < -0.39 is 11.6 Å². The maximum atomic E-state index is 10.6. The summed E-state index contributed by atoms with van der Waals surface area (Å²) in [5.74, 6) is -0.610. The molecule has 80 valence electrons. The van der Waals surface area contributed by atoms with Gasteiger partial charge in [-0.05, 0) is 43.4 Å². The Kier molecular flexibility index (Phi) is 2.27. The Morgan fingerprint density at radius 2 is 1.87 bits per heavy atom. The summed E-state index contributed by atoms with van der Waals surface area (Å²) in [4.78, 5) is 10.6. The molecule has 1 atom stereocenters. The Balaban J connectivity index is 2.26. The van der Waals surface area contributed by atoms with Gasteiger partial charge in [0.15, 0.2) is 0 Å². The SMILES string of the molecule is CC(O)(c1ccc(C(=O)O)cc1)C1CC1. The average Bonchev–Trinajstić information content (AvgIpc) is 3.01. The number of aromatic carboxylic acids is 1. The highest BCUT2D eigenvalue weighted by Crippen LogP contribution is 2.45. The highest BCUT2D eigenvalue weighted by atomic mass is 16.4. The first-order valence-electron chi connectivity index (χ1n) is 5.08. The highest BCUT2D eigenvalue weighted by Gasteiger charge is 2.41. The van der Waals surface area contributed by atoms with E-state index in [2.05, 4.69) is 0 Å². The molecule has 0 heterocycles. The maximum Gasteiger partial charge on any atom is 0.335 e. The van der Waals surface area contributed by atoms with Crippen LogP contribution in [0.2, 0.25) is 0 Å². The summed E-state index contributed by atoms with van der Waals surface area (Å²) in [6.07, 6.45) is 2.10. The largest absolute Gasteiger partial charge is 0.478 e. The van der Waals surface area contributed by atoms with Crippen LogP contribution in [0.15, 0.2) is 24.3 Å². The molecule has 1 fully saturated rings. The molecule has 2 rings (SSSR count). The van der Waals surface area contributed by atoms with Crippen LogP contribution in [0.1, 0.15) is 35.7 Å². The molecule has 0 aliphatic heterocycles. The third-order valence-corrected chi connectivity index (χ3v) is 3.09. The number of carbonyl (C=O) groups is 1. The first-order chi connectivity index (χ1) is 7.01. The van der Waals surface area contributed by atoms with Crippen molar-refractivity contribution in [2.45, 2.75) is 25.4 Å². The van der Waals surface area contributed by atoms with Crippen LogP contribution in [0.5, 0.6) is 0 Å². The standard InChI is InChI=1S/C12H14O3/c1-12(15,10-6-7-10)9-4-2-8(3-5-9)11(13)14/h2-5,10,15H,6-7H2,1H3,(H,13,14). The van der Waals surface area contributed by atoms with Gasteiger partial charge in [-0.1, -0.05) is 12.1 Å². The van der Waals surface area contributed by atoms with E-state index in [1.54, 1.807) is 19.1 Å². The average molecular weight is 206 g/mol. The van der Waals surface area contributed by atoms with Gasteiger partial charge in [-0.3, -0.25) is 0 Å². The molecule has 0 spiro atoms. The van der Waals surface area contributed by atoms with Gasteiger partial charge in [0.25, 0.3) is 0 Å². The Morgan fingerprint density at radius 3 is 2.27 bits per heavy atom. The summed E-state index contributed by atoms with van der Waals surface area (Å²) in [7, 11) is 0. The van der Waals surface area contributed by atoms with Gasteiger partial charge in [0.1, 0.15) is 0 Å². The fraction of sp³-hybridized carbons (Fsp3) is 0.417. The molecule has 1 aliphatic rings. The molecular formula is C12H14O3. The quantitative estimate of drug-likeness (QED) is 0.795. The Bertz CT molecular complexity index is 374. The molecule has 2 N–H and O–H groups in total. The molecule has 1 aromatic carbocycles. The Hall–Kier alpha value is -1.35. The summed E-state index contributed by atoms with van der Waals surface area (Å²) in [6.45, 7) is 1.79. The number of hydrogen-bond donors (Lipinski definition) is 2. The lowest BCUT2D eigenvalue weighted by atomic mass is 9.90. The van der Waals surface area contributed by atoms with Gasteiger partial charge in [-0.25, -0.2) is 4.79 Å². The van der Waals surface area contributed by atoms with E-state index in [0.29, 0.717) is 5.92 Å². The fourth-order valence-electron chi connectivity index (χ4n) is 1.83. The second kappa shape index (κ2) is 3.35. The van der Waals surface area contributed by atoms with Crippen molar-refractivity contribution in [1.82, 2.24) is 0 Å². The van der Waals surface area contributed by atoms with Gasteiger partial charge < -0.3 is 10.2 Å². The molecule has 3 nitrogen and oxygen atoms in total. The van der Waals surface area contributed by atoms with Crippen LogP contribution < -0.4 is 0 Å². The molecule has 1 saturated carbocycles. The molecule has 0 saturated heterocycles. The van der Waals surface area contributed by atoms with Gasteiger partial charge in [0.2, 0.25) is 0 Å². The summed E-state index contributed by atoms with van der Waals surface area (Å²) < 4.78 is 0. The Labute approximate surface area is 88.4 Å². The maximum absolute atomic E-state index is 10.6. The minimum absolute atomic E-state index is 0.255. The number of benzene rings is 1.